The van der Waals surface area contributed by atoms with Crippen LogP contribution in [-0.2, 0) is 9.53 Å². The molecule has 0 radical (unpaired) electrons. The first-order valence-corrected chi connectivity index (χ1v) is 7.32. The van der Waals surface area contributed by atoms with Crippen molar-refractivity contribution in [2.24, 2.45) is 5.73 Å². The van der Waals surface area contributed by atoms with Crippen molar-refractivity contribution in [1.29, 1.82) is 0 Å². The Kier molecular flexibility index (Phi) is 5.64. The average Bonchev–Trinajstić information content (AvgIpc) is 2.53. The molecule has 0 unspecified atom stereocenters. The minimum absolute atomic E-state index is 0.123. The fourth-order valence-electron chi connectivity index (χ4n) is 1.81. The number of primary amides is 1. The van der Waals surface area contributed by atoms with Crippen LogP contribution < -0.4 is 5.73 Å². The summed E-state index contributed by atoms with van der Waals surface area (Å²) in [6.07, 6.45) is -0.0298. The summed E-state index contributed by atoms with van der Waals surface area (Å²) < 4.78 is 30.1. The number of benzene rings is 1. The van der Waals surface area contributed by atoms with Gasteiger partial charge in [0.15, 0.2) is 0 Å². The lowest BCUT2D eigenvalue weighted by Gasteiger charge is -2.15. The van der Waals surface area contributed by atoms with Gasteiger partial charge in [0.2, 0.25) is 6.10 Å². The topological polar surface area (TPSA) is 82.3 Å². The molecule has 2 aromatic rings. The summed E-state index contributed by atoms with van der Waals surface area (Å²) in [6, 6.07) is 10.9. The average molecular weight is 338 g/mol. The predicted molar refractivity (Wildman–Crippen MR) is 79.9 cm³/mol. The van der Waals surface area contributed by atoms with Crippen molar-refractivity contribution >= 4 is 23.6 Å². The summed E-state index contributed by atoms with van der Waals surface area (Å²) in [6.45, 7) is 0. The number of pyridine rings is 1. The van der Waals surface area contributed by atoms with Crippen LogP contribution in [0, 0.1) is 0 Å². The van der Waals surface area contributed by atoms with E-state index in [0.29, 0.717) is 5.56 Å². The predicted octanol–water partition coefficient (Wildman–Crippen LogP) is 2.78. The number of rotatable bonds is 6. The van der Waals surface area contributed by atoms with E-state index in [-0.39, 0.29) is 22.4 Å². The van der Waals surface area contributed by atoms with Gasteiger partial charge >= 0.3 is 5.97 Å². The normalized spacial score (nSPS) is 12.0. The second-order valence-electron chi connectivity index (χ2n) is 4.33. The SMILES string of the molecule is NC(=O)[C@@H](OC(=O)c1cccnc1SC(F)F)c1ccccc1. The molecule has 23 heavy (non-hydrogen) atoms. The number of alkyl halides is 2. The van der Waals surface area contributed by atoms with Gasteiger partial charge in [-0.3, -0.25) is 4.79 Å². The number of carbonyl (C=O) groups is 2. The number of carbonyl (C=O) groups excluding carboxylic acids is 2. The van der Waals surface area contributed by atoms with Crippen LogP contribution in [0.25, 0.3) is 0 Å². The zero-order chi connectivity index (χ0) is 16.8. The van der Waals surface area contributed by atoms with Crippen molar-refractivity contribution in [3.05, 3.63) is 59.8 Å². The van der Waals surface area contributed by atoms with E-state index < -0.39 is 23.7 Å². The highest BCUT2D eigenvalue weighted by Gasteiger charge is 2.25. The maximum atomic E-state index is 12.5. The second-order valence-corrected chi connectivity index (χ2v) is 5.31. The number of halogens is 2. The first-order chi connectivity index (χ1) is 11.0. The first kappa shape index (κ1) is 16.9. The molecule has 0 saturated carbocycles. The van der Waals surface area contributed by atoms with Crippen molar-refractivity contribution in [3.8, 4) is 0 Å². The van der Waals surface area contributed by atoms with Crippen LogP contribution in [0.4, 0.5) is 8.78 Å². The number of nitrogens with zero attached hydrogens (tertiary/aromatic N) is 1. The summed E-state index contributed by atoms with van der Waals surface area (Å²) in [5, 5.41) is -0.177. The van der Waals surface area contributed by atoms with E-state index in [0.717, 1.165) is 0 Å². The Balaban J connectivity index is 2.25. The Bertz CT molecular complexity index is 698. The van der Waals surface area contributed by atoms with Crippen molar-refractivity contribution in [1.82, 2.24) is 4.98 Å². The number of nitrogens with two attached hydrogens (primary N) is 1. The summed E-state index contributed by atoms with van der Waals surface area (Å²) in [4.78, 5) is 27.5. The third-order valence-electron chi connectivity index (χ3n) is 2.78. The van der Waals surface area contributed by atoms with Crippen LogP contribution in [0.3, 0.4) is 0 Å². The third kappa shape index (κ3) is 4.49. The molecule has 1 atom stereocenters. The highest BCUT2D eigenvalue weighted by atomic mass is 32.2. The molecular formula is C15H12F2N2O3S. The van der Waals surface area contributed by atoms with E-state index in [1.807, 2.05) is 0 Å². The molecule has 1 heterocycles. The Morgan fingerprint density at radius 2 is 1.83 bits per heavy atom. The molecule has 1 aromatic carbocycles. The van der Waals surface area contributed by atoms with Gasteiger partial charge in [-0.15, -0.1) is 0 Å². The van der Waals surface area contributed by atoms with Gasteiger partial charge in [-0.1, -0.05) is 30.3 Å². The van der Waals surface area contributed by atoms with Gasteiger partial charge in [0, 0.05) is 11.8 Å². The molecule has 0 aliphatic rings. The van der Waals surface area contributed by atoms with E-state index in [2.05, 4.69) is 4.98 Å². The molecule has 120 valence electrons. The van der Waals surface area contributed by atoms with Gasteiger partial charge < -0.3 is 10.5 Å². The molecule has 0 fully saturated rings. The lowest BCUT2D eigenvalue weighted by atomic mass is 10.1. The van der Waals surface area contributed by atoms with Gasteiger partial charge in [-0.2, -0.15) is 8.78 Å². The minimum Gasteiger partial charge on any atom is -0.444 e. The van der Waals surface area contributed by atoms with Crippen molar-refractivity contribution in [3.63, 3.8) is 0 Å². The molecule has 0 spiro atoms. The highest BCUT2D eigenvalue weighted by molar-refractivity contribution is 7.99. The largest absolute Gasteiger partial charge is 0.444 e. The van der Waals surface area contributed by atoms with E-state index in [1.165, 1.54) is 18.3 Å². The van der Waals surface area contributed by atoms with Gasteiger partial charge in [-0.25, -0.2) is 9.78 Å². The van der Waals surface area contributed by atoms with E-state index >= 15 is 0 Å². The van der Waals surface area contributed by atoms with Gasteiger partial charge in [0.25, 0.3) is 11.7 Å². The van der Waals surface area contributed by atoms with Crippen molar-refractivity contribution in [2.75, 3.05) is 0 Å². The van der Waals surface area contributed by atoms with Crippen LogP contribution in [-0.4, -0.2) is 22.6 Å². The Morgan fingerprint density at radius 1 is 1.13 bits per heavy atom. The third-order valence-corrected chi connectivity index (χ3v) is 3.50. The Morgan fingerprint density at radius 3 is 2.43 bits per heavy atom. The number of thioether (sulfide) groups is 1. The van der Waals surface area contributed by atoms with Crippen LogP contribution >= 0.6 is 11.8 Å². The molecule has 0 saturated heterocycles. The van der Waals surface area contributed by atoms with Crippen molar-refractivity contribution < 1.29 is 23.1 Å². The van der Waals surface area contributed by atoms with Gasteiger partial charge in [0.1, 0.15) is 5.03 Å². The Hall–Kier alpha value is -2.48. The summed E-state index contributed by atoms with van der Waals surface area (Å²) in [5.41, 5.74) is 5.49. The number of aromatic nitrogens is 1. The quantitative estimate of drug-likeness (QED) is 0.647. The molecule has 1 amide bonds. The number of hydrogen-bond donors (Lipinski definition) is 1. The fourth-order valence-corrected chi connectivity index (χ4v) is 2.38. The van der Waals surface area contributed by atoms with Gasteiger partial charge in [-0.05, 0) is 23.9 Å². The zero-order valence-corrected chi connectivity index (χ0v) is 12.5. The molecule has 1 aromatic heterocycles. The van der Waals surface area contributed by atoms with E-state index in [4.69, 9.17) is 10.5 Å². The maximum Gasteiger partial charge on any atom is 0.342 e. The molecule has 0 aliphatic heterocycles. The van der Waals surface area contributed by atoms with Crippen molar-refractivity contribution in [2.45, 2.75) is 16.9 Å². The Labute approximate surface area is 134 Å². The fraction of sp³-hybridized carbons (Fsp3) is 0.133. The number of esters is 1. The molecular weight excluding hydrogens is 326 g/mol. The lowest BCUT2D eigenvalue weighted by molar-refractivity contribution is -0.127. The summed E-state index contributed by atoms with van der Waals surface area (Å²) in [7, 11) is 0. The number of amides is 1. The molecule has 8 heteroatoms. The van der Waals surface area contributed by atoms with Crippen LogP contribution in [0.15, 0.2) is 53.7 Å². The second kappa shape index (κ2) is 7.68. The first-order valence-electron chi connectivity index (χ1n) is 6.44. The van der Waals surface area contributed by atoms with Gasteiger partial charge in [0.05, 0.1) is 5.56 Å². The highest BCUT2D eigenvalue weighted by Crippen LogP contribution is 2.28. The molecule has 0 aliphatic carbocycles. The molecule has 0 bridgehead atoms. The lowest BCUT2D eigenvalue weighted by Crippen LogP contribution is -2.26. The molecule has 2 N–H and O–H groups in total. The summed E-state index contributed by atoms with van der Waals surface area (Å²) >= 11 is 0.123. The number of ether oxygens (including phenoxy) is 1. The van der Waals surface area contributed by atoms with E-state index in [1.54, 1.807) is 30.3 Å². The van der Waals surface area contributed by atoms with E-state index in [9.17, 15) is 18.4 Å². The summed E-state index contributed by atoms with van der Waals surface area (Å²) in [5.74, 6) is -4.55. The molecule has 2 rings (SSSR count). The monoisotopic (exact) mass is 338 g/mol. The maximum absolute atomic E-state index is 12.5. The molecule has 5 nitrogen and oxygen atoms in total. The minimum atomic E-state index is -2.74. The van der Waals surface area contributed by atoms with Crippen LogP contribution in [0.5, 0.6) is 0 Å². The smallest absolute Gasteiger partial charge is 0.342 e. The standard InChI is InChI=1S/C15H12F2N2O3S/c16-15(17)23-13-10(7-4-8-19-13)14(21)22-11(12(18)20)9-5-2-1-3-6-9/h1-8,11,15H,(H2,18,20)/t11-/m0/s1. The zero-order valence-electron chi connectivity index (χ0n) is 11.7. The van der Waals surface area contributed by atoms with Crippen LogP contribution in [0.2, 0.25) is 0 Å². The number of hydrogen-bond acceptors (Lipinski definition) is 5. The van der Waals surface area contributed by atoms with Crippen LogP contribution in [0.1, 0.15) is 22.0 Å².